The number of halogens is 1. The van der Waals surface area contributed by atoms with Crippen molar-refractivity contribution < 1.29 is 5.11 Å². The predicted molar refractivity (Wildman–Crippen MR) is 78.9 cm³/mol. The molecule has 0 atom stereocenters. The molecule has 0 saturated carbocycles. The predicted octanol–water partition coefficient (Wildman–Crippen LogP) is 3.98. The minimum absolute atomic E-state index is 0.361. The molecule has 2 aromatic rings. The monoisotopic (exact) mass is 276 g/mol. The van der Waals surface area contributed by atoms with Crippen molar-refractivity contribution in [3.8, 4) is 5.75 Å². The van der Waals surface area contributed by atoms with Crippen LogP contribution in [0.25, 0.3) is 0 Å². The van der Waals surface area contributed by atoms with Gasteiger partial charge in [-0.1, -0.05) is 23.7 Å². The molecule has 0 radical (unpaired) electrons. The first-order chi connectivity index (χ1) is 8.99. The Bertz CT molecular complexity index is 568. The van der Waals surface area contributed by atoms with E-state index in [4.69, 9.17) is 11.6 Å². The quantitative estimate of drug-likeness (QED) is 0.834. The van der Waals surface area contributed by atoms with E-state index in [0.717, 1.165) is 27.9 Å². The summed E-state index contributed by atoms with van der Waals surface area (Å²) in [5, 5.41) is 13.5. The third-order valence-electron chi connectivity index (χ3n) is 3.13. The van der Waals surface area contributed by atoms with E-state index in [-0.39, 0.29) is 0 Å². The summed E-state index contributed by atoms with van der Waals surface area (Å²) in [4.78, 5) is 4.06. The molecule has 0 unspecified atom stereocenters. The van der Waals surface area contributed by atoms with Gasteiger partial charge in [-0.25, -0.2) is 4.98 Å². The first kappa shape index (κ1) is 13.7. The largest absolute Gasteiger partial charge is 0.507 e. The third kappa shape index (κ3) is 2.99. The highest BCUT2D eigenvalue weighted by Gasteiger charge is 2.06. The van der Waals surface area contributed by atoms with E-state index in [2.05, 4.69) is 10.3 Å². The van der Waals surface area contributed by atoms with Crippen molar-refractivity contribution >= 4 is 17.3 Å². The number of hydrogen-bond acceptors (Lipinski definition) is 3. The second-order valence-corrected chi connectivity index (χ2v) is 5.08. The SMILES string of the molecule is Cc1cc(CNc2c(C)ccnc2Cl)cc(C)c1O. The lowest BCUT2D eigenvalue weighted by Crippen LogP contribution is -2.03. The Kier molecular flexibility index (Phi) is 3.96. The molecule has 0 aliphatic heterocycles. The molecule has 1 aromatic heterocycles. The fraction of sp³-hybridized carbons (Fsp3) is 0.267. The molecule has 0 aliphatic rings. The fourth-order valence-electron chi connectivity index (χ4n) is 2.08. The van der Waals surface area contributed by atoms with Crippen LogP contribution < -0.4 is 5.32 Å². The highest BCUT2D eigenvalue weighted by molar-refractivity contribution is 6.32. The highest BCUT2D eigenvalue weighted by atomic mass is 35.5. The molecule has 100 valence electrons. The number of phenolic OH excluding ortho intramolecular Hbond substituents is 1. The molecule has 0 amide bonds. The van der Waals surface area contributed by atoms with Crippen LogP contribution >= 0.6 is 11.6 Å². The summed E-state index contributed by atoms with van der Waals surface area (Å²) < 4.78 is 0. The molecule has 19 heavy (non-hydrogen) atoms. The lowest BCUT2D eigenvalue weighted by molar-refractivity contribution is 0.466. The highest BCUT2D eigenvalue weighted by Crippen LogP contribution is 2.26. The smallest absolute Gasteiger partial charge is 0.152 e. The van der Waals surface area contributed by atoms with Crippen molar-refractivity contribution in [1.82, 2.24) is 4.98 Å². The average Bonchev–Trinajstić information content (AvgIpc) is 2.35. The summed E-state index contributed by atoms with van der Waals surface area (Å²) in [6, 6.07) is 5.85. The van der Waals surface area contributed by atoms with Crippen molar-refractivity contribution in [2.24, 2.45) is 0 Å². The zero-order valence-electron chi connectivity index (χ0n) is 11.3. The van der Waals surface area contributed by atoms with Crippen molar-refractivity contribution in [3.05, 3.63) is 51.8 Å². The average molecular weight is 277 g/mol. The molecule has 0 saturated heterocycles. The van der Waals surface area contributed by atoms with Gasteiger partial charge in [0.25, 0.3) is 0 Å². The summed E-state index contributed by atoms with van der Waals surface area (Å²) in [6.45, 7) is 6.43. The Balaban J connectivity index is 2.19. The van der Waals surface area contributed by atoms with Gasteiger partial charge in [0.05, 0.1) is 5.69 Å². The maximum Gasteiger partial charge on any atom is 0.152 e. The van der Waals surface area contributed by atoms with E-state index >= 15 is 0 Å². The van der Waals surface area contributed by atoms with Crippen molar-refractivity contribution in [3.63, 3.8) is 0 Å². The Morgan fingerprint density at radius 1 is 1.16 bits per heavy atom. The van der Waals surface area contributed by atoms with Crippen LogP contribution in [0, 0.1) is 20.8 Å². The van der Waals surface area contributed by atoms with Crippen molar-refractivity contribution in [1.29, 1.82) is 0 Å². The molecule has 1 heterocycles. The van der Waals surface area contributed by atoms with Crippen molar-refractivity contribution in [2.75, 3.05) is 5.32 Å². The molecule has 0 fully saturated rings. The second kappa shape index (κ2) is 5.49. The van der Waals surface area contributed by atoms with Crippen LogP contribution in [0.3, 0.4) is 0 Å². The zero-order chi connectivity index (χ0) is 14.0. The van der Waals surface area contributed by atoms with Gasteiger partial charge in [-0.2, -0.15) is 0 Å². The van der Waals surface area contributed by atoms with E-state index < -0.39 is 0 Å². The summed E-state index contributed by atoms with van der Waals surface area (Å²) in [5.41, 5.74) is 4.78. The second-order valence-electron chi connectivity index (χ2n) is 4.73. The van der Waals surface area contributed by atoms with E-state index in [1.807, 2.05) is 39.0 Å². The summed E-state index contributed by atoms with van der Waals surface area (Å²) in [5.74, 6) is 0.361. The molecular formula is C15H17ClN2O. The van der Waals surface area contributed by atoms with Crippen molar-refractivity contribution in [2.45, 2.75) is 27.3 Å². The van der Waals surface area contributed by atoms with Gasteiger partial charge in [-0.15, -0.1) is 0 Å². The number of rotatable bonds is 3. The van der Waals surface area contributed by atoms with Crippen LogP contribution in [-0.2, 0) is 6.54 Å². The van der Waals surface area contributed by atoms with E-state index in [0.29, 0.717) is 17.4 Å². The Morgan fingerprint density at radius 2 is 1.79 bits per heavy atom. The molecule has 4 heteroatoms. The summed E-state index contributed by atoms with van der Waals surface area (Å²) in [7, 11) is 0. The number of aryl methyl sites for hydroxylation is 3. The molecule has 2 rings (SSSR count). The Labute approximate surface area is 118 Å². The van der Waals surface area contributed by atoms with Gasteiger partial charge < -0.3 is 10.4 Å². The summed E-state index contributed by atoms with van der Waals surface area (Å²) in [6.07, 6.45) is 1.69. The Morgan fingerprint density at radius 3 is 2.37 bits per heavy atom. The number of benzene rings is 1. The van der Waals surface area contributed by atoms with Crippen LogP contribution in [0.1, 0.15) is 22.3 Å². The standard InChI is InChI=1S/C15H17ClN2O/c1-9-4-5-17-15(16)13(9)18-8-12-6-10(2)14(19)11(3)7-12/h4-7,18-19H,8H2,1-3H3. The molecule has 3 nitrogen and oxygen atoms in total. The van der Waals surface area contributed by atoms with Crippen LogP contribution in [0.2, 0.25) is 5.15 Å². The van der Waals surface area contributed by atoms with Crippen LogP contribution in [0.5, 0.6) is 5.75 Å². The minimum Gasteiger partial charge on any atom is -0.507 e. The van der Waals surface area contributed by atoms with Crippen LogP contribution in [-0.4, -0.2) is 10.1 Å². The number of phenols is 1. The van der Waals surface area contributed by atoms with Gasteiger partial charge in [0, 0.05) is 12.7 Å². The number of hydrogen-bond donors (Lipinski definition) is 2. The van der Waals surface area contributed by atoms with Gasteiger partial charge in [-0.05, 0) is 49.1 Å². The van der Waals surface area contributed by atoms with E-state index in [1.165, 1.54) is 0 Å². The lowest BCUT2D eigenvalue weighted by Gasteiger charge is -2.12. The van der Waals surface area contributed by atoms with Gasteiger partial charge in [-0.3, -0.25) is 0 Å². The van der Waals surface area contributed by atoms with Gasteiger partial charge >= 0.3 is 0 Å². The van der Waals surface area contributed by atoms with Crippen LogP contribution in [0.15, 0.2) is 24.4 Å². The number of nitrogens with zero attached hydrogens (tertiary/aromatic N) is 1. The molecule has 2 N–H and O–H groups in total. The van der Waals surface area contributed by atoms with E-state index in [9.17, 15) is 5.11 Å². The van der Waals surface area contributed by atoms with Crippen LogP contribution in [0.4, 0.5) is 5.69 Å². The molecular weight excluding hydrogens is 260 g/mol. The Hall–Kier alpha value is -1.74. The number of pyridine rings is 1. The molecule has 1 aromatic carbocycles. The first-order valence-electron chi connectivity index (χ1n) is 6.13. The molecule has 0 aliphatic carbocycles. The van der Waals surface area contributed by atoms with E-state index in [1.54, 1.807) is 6.20 Å². The van der Waals surface area contributed by atoms with Gasteiger partial charge in [0.2, 0.25) is 0 Å². The topological polar surface area (TPSA) is 45.2 Å². The molecule has 0 bridgehead atoms. The zero-order valence-corrected chi connectivity index (χ0v) is 12.0. The normalized spacial score (nSPS) is 10.5. The number of aromatic nitrogens is 1. The summed E-state index contributed by atoms with van der Waals surface area (Å²) >= 11 is 6.07. The maximum absolute atomic E-state index is 9.75. The number of aromatic hydroxyl groups is 1. The third-order valence-corrected chi connectivity index (χ3v) is 3.42. The maximum atomic E-state index is 9.75. The number of nitrogens with one attached hydrogen (secondary N) is 1. The lowest BCUT2D eigenvalue weighted by atomic mass is 10.1. The van der Waals surface area contributed by atoms with Gasteiger partial charge in [0.15, 0.2) is 5.15 Å². The van der Waals surface area contributed by atoms with Gasteiger partial charge in [0.1, 0.15) is 5.75 Å². The fourth-order valence-corrected chi connectivity index (χ4v) is 2.35. The minimum atomic E-state index is 0.361. The molecule has 0 spiro atoms. The number of anilines is 1. The first-order valence-corrected chi connectivity index (χ1v) is 6.51.